The van der Waals surface area contributed by atoms with E-state index >= 15 is 0 Å². The smallest absolute Gasteiger partial charge is 0.244 e. The number of rotatable bonds is 6. The molecule has 110 valence electrons. The van der Waals surface area contributed by atoms with Gasteiger partial charge in [0.15, 0.2) is 0 Å². The van der Waals surface area contributed by atoms with Crippen LogP contribution in [0.4, 0.5) is 0 Å². The van der Waals surface area contributed by atoms with Crippen LogP contribution in [0.25, 0.3) is 0 Å². The predicted molar refractivity (Wildman–Crippen MR) is 73.4 cm³/mol. The third-order valence-electron chi connectivity index (χ3n) is 2.93. The van der Waals surface area contributed by atoms with Crippen molar-refractivity contribution in [2.24, 2.45) is 7.05 Å². The highest BCUT2D eigenvalue weighted by Gasteiger charge is 2.21. The maximum Gasteiger partial charge on any atom is 0.244 e. The third kappa shape index (κ3) is 3.09. The van der Waals surface area contributed by atoms with E-state index in [4.69, 9.17) is 4.42 Å². The predicted octanol–water partition coefficient (Wildman–Crippen LogP) is 0.519. The number of sulfonamides is 1. The molecule has 0 aliphatic carbocycles. The van der Waals surface area contributed by atoms with Crippen molar-refractivity contribution in [1.82, 2.24) is 19.8 Å². The van der Waals surface area contributed by atoms with Crippen LogP contribution in [0.2, 0.25) is 0 Å². The van der Waals surface area contributed by atoms with E-state index in [1.165, 1.54) is 6.07 Å². The lowest BCUT2D eigenvalue weighted by atomic mass is 10.4. The van der Waals surface area contributed by atoms with Crippen molar-refractivity contribution in [3.05, 3.63) is 35.5 Å². The van der Waals surface area contributed by atoms with Crippen LogP contribution in [0, 0.1) is 6.92 Å². The van der Waals surface area contributed by atoms with Crippen molar-refractivity contribution in [2.45, 2.75) is 24.9 Å². The molecule has 0 saturated carbocycles. The van der Waals surface area contributed by atoms with Crippen molar-refractivity contribution < 1.29 is 12.8 Å². The normalized spacial score (nSPS) is 11.9. The molecule has 0 spiro atoms. The zero-order valence-corrected chi connectivity index (χ0v) is 12.5. The van der Waals surface area contributed by atoms with Crippen LogP contribution >= 0.6 is 0 Å². The highest BCUT2D eigenvalue weighted by molar-refractivity contribution is 7.89. The Morgan fingerprint density at radius 3 is 2.75 bits per heavy atom. The second-order valence-electron chi connectivity index (χ2n) is 4.43. The number of aromatic nitrogens is 2. The fraction of sp³-hybridized carbons (Fsp3) is 0.417. The molecule has 20 heavy (non-hydrogen) atoms. The first-order chi connectivity index (χ1) is 9.44. The van der Waals surface area contributed by atoms with Gasteiger partial charge in [-0.25, -0.2) is 13.1 Å². The quantitative estimate of drug-likeness (QED) is 0.811. The minimum Gasteiger partial charge on any atom is -0.464 e. The van der Waals surface area contributed by atoms with Gasteiger partial charge in [0, 0.05) is 19.3 Å². The highest BCUT2D eigenvalue weighted by Crippen LogP contribution is 2.20. The van der Waals surface area contributed by atoms with E-state index in [2.05, 4.69) is 15.1 Å². The topological polar surface area (TPSA) is 89.2 Å². The molecule has 0 fully saturated rings. The number of nitrogens with zero attached hydrogens (tertiary/aromatic N) is 2. The third-order valence-corrected chi connectivity index (χ3v) is 4.44. The zero-order valence-electron chi connectivity index (χ0n) is 11.7. The fourth-order valence-electron chi connectivity index (χ4n) is 1.87. The van der Waals surface area contributed by atoms with Crippen molar-refractivity contribution in [3.8, 4) is 0 Å². The van der Waals surface area contributed by atoms with E-state index in [1.807, 2.05) is 0 Å². The molecule has 7 nitrogen and oxygen atoms in total. The first kappa shape index (κ1) is 14.8. The van der Waals surface area contributed by atoms with Gasteiger partial charge in [0.2, 0.25) is 10.0 Å². The summed E-state index contributed by atoms with van der Waals surface area (Å²) in [5, 5.41) is 6.91. The largest absolute Gasteiger partial charge is 0.464 e. The molecule has 0 saturated heterocycles. The van der Waals surface area contributed by atoms with E-state index in [1.54, 1.807) is 38.0 Å². The van der Waals surface area contributed by atoms with Crippen LogP contribution in [0.1, 0.15) is 17.2 Å². The van der Waals surface area contributed by atoms with Gasteiger partial charge in [-0.1, -0.05) is 0 Å². The Balaban J connectivity index is 2.16. The molecule has 2 aromatic rings. The Hall–Kier alpha value is -1.64. The van der Waals surface area contributed by atoms with Crippen molar-refractivity contribution in [1.29, 1.82) is 0 Å². The summed E-state index contributed by atoms with van der Waals surface area (Å²) in [6, 6.07) is 3.30. The van der Waals surface area contributed by atoms with Gasteiger partial charge in [-0.15, -0.1) is 0 Å². The van der Waals surface area contributed by atoms with Gasteiger partial charge in [-0.2, -0.15) is 5.10 Å². The molecule has 0 radical (unpaired) electrons. The summed E-state index contributed by atoms with van der Waals surface area (Å²) in [6.07, 6.45) is 1.62. The lowest BCUT2D eigenvalue weighted by molar-refractivity contribution is 0.465. The van der Waals surface area contributed by atoms with E-state index in [0.29, 0.717) is 18.1 Å². The summed E-state index contributed by atoms with van der Waals surface area (Å²) in [5.74, 6) is 0.971. The van der Waals surface area contributed by atoms with Gasteiger partial charge >= 0.3 is 0 Å². The fourth-order valence-corrected chi connectivity index (χ4v) is 3.07. The number of furan rings is 1. The van der Waals surface area contributed by atoms with Crippen LogP contribution in [0.15, 0.2) is 27.6 Å². The Bertz CT molecular complexity index is 687. The zero-order chi connectivity index (χ0) is 14.8. The Morgan fingerprint density at radius 2 is 2.15 bits per heavy atom. The summed E-state index contributed by atoms with van der Waals surface area (Å²) < 4.78 is 34.1. The molecule has 2 aromatic heterocycles. The standard InChI is InChI=1S/C12H18N4O3S/c1-9-12(6-11(19-9)8-13-2)20(17,18)15-7-10-4-5-14-16(10)3/h4-6,13,15H,7-8H2,1-3H3. The SMILES string of the molecule is CNCc1cc(S(=O)(=O)NCc2ccnn2C)c(C)o1. The van der Waals surface area contributed by atoms with Crippen LogP contribution < -0.4 is 10.0 Å². The van der Waals surface area contributed by atoms with E-state index in [0.717, 1.165) is 5.69 Å². The monoisotopic (exact) mass is 298 g/mol. The van der Waals surface area contributed by atoms with Crippen LogP contribution in [-0.2, 0) is 30.2 Å². The van der Waals surface area contributed by atoms with Gasteiger partial charge in [-0.3, -0.25) is 4.68 Å². The molecule has 0 bridgehead atoms. The van der Waals surface area contributed by atoms with Crippen LogP contribution in [0.5, 0.6) is 0 Å². The minimum absolute atomic E-state index is 0.171. The second-order valence-corrected chi connectivity index (χ2v) is 6.17. The van der Waals surface area contributed by atoms with Gasteiger partial charge < -0.3 is 9.73 Å². The average molecular weight is 298 g/mol. The summed E-state index contributed by atoms with van der Waals surface area (Å²) >= 11 is 0. The summed E-state index contributed by atoms with van der Waals surface area (Å²) in [5.41, 5.74) is 0.783. The Kier molecular flexibility index (Phi) is 4.26. The first-order valence-corrected chi connectivity index (χ1v) is 7.63. The maximum absolute atomic E-state index is 12.3. The number of aryl methyl sites for hydroxylation is 2. The first-order valence-electron chi connectivity index (χ1n) is 6.14. The summed E-state index contributed by atoms with van der Waals surface area (Å²) in [4.78, 5) is 0.171. The Morgan fingerprint density at radius 1 is 1.40 bits per heavy atom. The lowest BCUT2D eigenvalue weighted by Gasteiger charge is -2.05. The van der Waals surface area contributed by atoms with E-state index < -0.39 is 10.0 Å². The maximum atomic E-state index is 12.3. The molecular weight excluding hydrogens is 280 g/mol. The molecule has 2 N–H and O–H groups in total. The van der Waals surface area contributed by atoms with Crippen molar-refractivity contribution >= 4 is 10.0 Å². The van der Waals surface area contributed by atoms with Crippen molar-refractivity contribution in [2.75, 3.05) is 7.05 Å². The molecule has 0 aromatic carbocycles. The molecular formula is C12H18N4O3S. The van der Waals surface area contributed by atoms with Crippen LogP contribution in [-0.4, -0.2) is 25.2 Å². The van der Waals surface area contributed by atoms with Gasteiger partial charge in [-0.05, 0) is 20.0 Å². The second kappa shape index (κ2) is 5.78. The van der Waals surface area contributed by atoms with Gasteiger partial charge in [0.1, 0.15) is 16.4 Å². The molecule has 2 heterocycles. The minimum atomic E-state index is -3.59. The molecule has 2 rings (SSSR count). The summed E-state index contributed by atoms with van der Waals surface area (Å²) in [6.45, 7) is 2.31. The van der Waals surface area contributed by atoms with Crippen molar-refractivity contribution in [3.63, 3.8) is 0 Å². The highest BCUT2D eigenvalue weighted by atomic mass is 32.2. The molecule has 0 atom stereocenters. The molecule has 0 aliphatic heterocycles. The van der Waals surface area contributed by atoms with Gasteiger partial charge in [0.05, 0.1) is 18.8 Å². The van der Waals surface area contributed by atoms with E-state index in [9.17, 15) is 8.42 Å². The number of hydrogen-bond donors (Lipinski definition) is 2. The average Bonchev–Trinajstić information content (AvgIpc) is 2.94. The number of hydrogen-bond acceptors (Lipinski definition) is 5. The number of nitrogens with one attached hydrogen (secondary N) is 2. The lowest BCUT2D eigenvalue weighted by Crippen LogP contribution is -2.24. The van der Waals surface area contributed by atoms with E-state index in [-0.39, 0.29) is 11.4 Å². The molecule has 0 amide bonds. The van der Waals surface area contributed by atoms with Gasteiger partial charge in [0.25, 0.3) is 0 Å². The molecule has 0 unspecified atom stereocenters. The summed E-state index contributed by atoms with van der Waals surface area (Å²) in [7, 11) is -0.0617. The molecule has 0 aliphatic rings. The Labute approximate surface area is 118 Å². The van der Waals surface area contributed by atoms with Crippen LogP contribution in [0.3, 0.4) is 0 Å². The molecule has 8 heteroatoms.